The summed E-state index contributed by atoms with van der Waals surface area (Å²) >= 11 is 0. The van der Waals surface area contributed by atoms with Gasteiger partial charge >= 0.3 is 0 Å². The van der Waals surface area contributed by atoms with Gasteiger partial charge in [0.05, 0.1) is 0 Å². The number of hydrogen-bond donors (Lipinski definition) is 2. The fourth-order valence-corrected chi connectivity index (χ4v) is 0.809. The lowest BCUT2D eigenvalue weighted by atomic mass is 10.5. The van der Waals surface area contributed by atoms with Crippen molar-refractivity contribution in [3.63, 3.8) is 0 Å². The second-order valence-corrected chi connectivity index (χ2v) is 2.34. The number of nitrogens with one attached hydrogen (secondary N) is 1. The molecule has 1 aromatic rings. The third kappa shape index (κ3) is 2.71. The fraction of sp³-hybridized carbons (Fsp3) is 0.429. The average molecular weight is 168 g/mol. The van der Waals surface area contributed by atoms with Crippen LogP contribution < -0.4 is 11.1 Å². The van der Waals surface area contributed by atoms with E-state index in [1.54, 1.807) is 23.1 Å². The predicted molar refractivity (Wildman–Crippen MR) is 44.3 cm³/mol. The Morgan fingerprint density at radius 2 is 2.50 bits per heavy atom. The van der Waals surface area contributed by atoms with Crippen LogP contribution in [0.4, 0.5) is 0 Å². The largest absolute Gasteiger partial charge is 0.353 e. The van der Waals surface area contributed by atoms with Crippen LogP contribution in [-0.4, -0.2) is 28.8 Å². The second kappa shape index (κ2) is 4.50. The van der Waals surface area contributed by atoms with Crippen molar-refractivity contribution in [3.05, 3.63) is 18.5 Å². The Morgan fingerprint density at radius 1 is 1.67 bits per heavy atom. The van der Waals surface area contributed by atoms with E-state index in [0.717, 1.165) is 0 Å². The second-order valence-electron chi connectivity index (χ2n) is 2.34. The molecular formula is C7H12N4O. The van der Waals surface area contributed by atoms with Crippen LogP contribution in [-0.2, 0) is 11.3 Å². The van der Waals surface area contributed by atoms with Crippen LogP contribution in [0.1, 0.15) is 0 Å². The minimum atomic E-state index is -0.0656. The first-order chi connectivity index (χ1) is 5.83. The number of rotatable bonds is 4. The highest BCUT2D eigenvalue weighted by molar-refractivity contribution is 5.75. The maximum Gasteiger partial charge on any atom is 0.241 e. The molecule has 0 atom stereocenters. The van der Waals surface area contributed by atoms with Crippen LogP contribution in [0.25, 0.3) is 0 Å². The molecule has 66 valence electrons. The summed E-state index contributed by atoms with van der Waals surface area (Å²) in [6.07, 6.45) is 3.37. The normalized spacial score (nSPS) is 9.75. The van der Waals surface area contributed by atoms with Gasteiger partial charge in [-0.25, -0.2) is 0 Å². The zero-order valence-corrected chi connectivity index (χ0v) is 6.73. The van der Waals surface area contributed by atoms with Crippen molar-refractivity contribution in [1.29, 1.82) is 0 Å². The summed E-state index contributed by atoms with van der Waals surface area (Å²) in [6, 6.07) is 1.77. The highest BCUT2D eigenvalue weighted by atomic mass is 16.2. The highest BCUT2D eigenvalue weighted by Crippen LogP contribution is 1.83. The average Bonchev–Trinajstić information content (AvgIpc) is 2.53. The summed E-state index contributed by atoms with van der Waals surface area (Å²) in [5, 5.41) is 6.53. The van der Waals surface area contributed by atoms with Crippen LogP contribution in [0.15, 0.2) is 18.5 Å². The molecule has 5 heteroatoms. The summed E-state index contributed by atoms with van der Waals surface area (Å²) in [7, 11) is 0. The van der Waals surface area contributed by atoms with Gasteiger partial charge in [0.1, 0.15) is 6.54 Å². The molecule has 1 rings (SSSR count). The lowest BCUT2D eigenvalue weighted by molar-refractivity contribution is -0.121. The number of carbonyl (C=O) groups is 1. The molecule has 1 amide bonds. The summed E-state index contributed by atoms with van der Waals surface area (Å²) in [5.74, 6) is -0.0656. The molecule has 0 aliphatic rings. The van der Waals surface area contributed by atoms with E-state index in [1.807, 2.05) is 0 Å². The number of nitrogens with zero attached hydrogens (tertiary/aromatic N) is 2. The van der Waals surface area contributed by atoms with Crippen molar-refractivity contribution in [1.82, 2.24) is 15.1 Å². The third-order valence-corrected chi connectivity index (χ3v) is 1.33. The molecule has 0 fully saturated rings. The van der Waals surface area contributed by atoms with Gasteiger partial charge < -0.3 is 11.1 Å². The van der Waals surface area contributed by atoms with Gasteiger partial charge in [0.25, 0.3) is 0 Å². The molecule has 5 nitrogen and oxygen atoms in total. The molecule has 0 bridgehead atoms. The van der Waals surface area contributed by atoms with E-state index < -0.39 is 0 Å². The Morgan fingerprint density at radius 3 is 3.08 bits per heavy atom. The zero-order valence-electron chi connectivity index (χ0n) is 6.73. The summed E-state index contributed by atoms with van der Waals surface area (Å²) < 4.78 is 1.56. The van der Waals surface area contributed by atoms with Crippen LogP contribution in [0.3, 0.4) is 0 Å². The maximum atomic E-state index is 11.0. The van der Waals surface area contributed by atoms with Gasteiger partial charge in [-0.1, -0.05) is 0 Å². The third-order valence-electron chi connectivity index (χ3n) is 1.33. The molecular weight excluding hydrogens is 156 g/mol. The Bertz CT molecular complexity index is 232. The molecule has 0 aliphatic heterocycles. The Labute approximate surface area is 70.5 Å². The molecule has 0 aliphatic carbocycles. The number of amides is 1. The molecule has 0 saturated carbocycles. The van der Waals surface area contributed by atoms with E-state index in [0.29, 0.717) is 13.1 Å². The van der Waals surface area contributed by atoms with E-state index in [-0.39, 0.29) is 12.5 Å². The first-order valence-corrected chi connectivity index (χ1v) is 3.77. The molecule has 0 radical (unpaired) electrons. The van der Waals surface area contributed by atoms with Crippen LogP contribution in [0.2, 0.25) is 0 Å². The first kappa shape index (κ1) is 8.73. The Hall–Kier alpha value is -1.36. The standard InChI is InChI=1S/C7H12N4O/c8-2-4-9-7(12)6-11-5-1-3-10-11/h1,3,5H,2,4,6,8H2,(H,9,12). The van der Waals surface area contributed by atoms with Gasteiger partial charge in [-0.2, -0.15) is 5.10 Å². The fourth-order valence-electron chi connectivity index (χ4n) is 0.809. The van der Waals surface area contributed by atoms with Gasteiger partial charge in [0.2, 0.25) is 5.91 Å². The van der Waals surface area contributed by atoms with Gasteiger partial charge in [-0.15, -0.1) is 0 Å². The minimum absolute atomic E-state index is 0.0656. The SMILES string of the molecule is NCCNC(=O)Cn1cccn1. The van der Waals surface area contributed by atoms with E-state index in [2.05, 4.69) is 10.4 Å². The molecule has 0 unspecified atom stereocenters. The number of aromatic nitrogens is 2. The van der Waals surface area contributed by atoms with Crippen LogP contribution in [0, 0.1) is 0 Å². The highest BCUT2D eigenvalue weighted by Gasteiger charge is 1.99. The molecule has 12 heavy (non-hydrogen) atoms. The zero-order chi connectivity index (χ0) is 8.81. The number of nitrogens with two attached hydrogens (primary N) is 1. The summed E-state index contributed by atoms with van der Waals surface area (Å²) in [4.78, 5) is 11.0. The lowest BCUT2D eigenvalue weighted by Gasteiger charge is -2.02. The molecule has 0 aromatic carbocycles. The lowest BCUT2D eigenvalue weighted by Crippen LogP contribution is -2.31. The Balaban J connectivity index is 2.27. The van der Waals surface area contributed by atoms with Crippen molar-refractivity contribution in [3.8, 4) is 0 Å². The van der Waals surface area contributed by atoms with E-state index in [9.17, 15) is 4.79 Å². The molecule has 1 heterocycles. The first-order valence-electron chi connectivity index (χ1n) is 3.77. The molecule has 3 N–H and O–H groups in total. The summed E-state index contributed by atoms with van der Waals surface area (Å²) in [5.41, 5.74) is 5.21. The van der Waals surface area contributed by atoms with Gasteiger partial charge in [-0.05, 0) is 6.07 Å². The molecule has 0 saturated heterocycles. The maximum absolute atomic E-state index is 11.0. The Kier molecular flexibility index (Phi) is 3.28. The van der Waals surface area contributed by atoms with Crippen molar-refractivity contribution < 1.29 is 4.79 Å². The van der Waals surface area contributed by atoms with Crippen molar-refractivity contribution >= 4 is 5.91 Å². The quantitative estimate of drug-likeness (QED) is 0.603. The van der Waals surface area contributed by atoms with Gasteiger partial charge in [-0.3, -0.25) is 9.48 Å². The van der Waals surface area contributed by atoms with Crippen LogP contribution >= 0.6 is 0 Å². The van der Waals surface area contributed by atoms with Crippen molar-refractivity contribution in [2.75, 3.05) is 13.1 Å². The number of hydrogen-bond acceptors (Lipinski definition) is 3. The van der Waals surface area contributed by atoms with Crippen molar-refractivity contribution in [2.24, 2.45) is 5.73 Å². The molecule has 1 aromatic heterocycles. The smallest absolute Gasteiger partial charge is 0.241 e. The summed E-state index contributed by atoms with van der Waals surface area (Å²) in [6.45, 7) is 1.23. The monoisotopic (exact) mass is 168 g/mol. The van der Waals surface area contributed by atoms with Crippen LogP contribution in [0.5, 0.6) is 0 Å². The van der Waals surface area contributed by atoms with E-state index >= 15 is 0 Å². The number of carbonyl (C=O) groups excluding carboxylic acids is 1. The predicted octanol–water partition coefficient (Wildman–Crippen LogP) is -1.04. The van der Waals surface area contributed by atoms with E-state index in [4.69, 9.17) is 5.73 Å². The van der Waals surface area contributed by atoms with Crippen molar-refractivity contribution in [2.45, 2.75) is 6.54 Å². The van der Waals surface area contributed by atoms with Gasteiger partial charge in [0.15, 0.2) is 0 Å². The van der Waals surface area contributed by atoms with Gasteiger partial charge in [0, 0.05) is 25.5 Å². The van der Waals surface area contributed by atoms with E-state index in [1.165, 1.54) is 0 Å². The molecule has 0 spiro atoms. The topological polar surface area (TPSA) is 72.9 Å². The minimum Gasteiger partial charge on any atom is -0.353 e.